The molecule has 1 atom stereocenters. The molecule has 0 bridgehead atoms. The number of nitrogens with one attached hydrogen (secondary N) is 1. The van der Waals surface area contributed by atoms with E-state index in [9.17, 15) is 4.79 Å². The second kappa shape index (κ2) is 7.95. The lowest BCUT2D eigenvalue weighted by Gasteiger charge is -2.35. The molecule has 1 N–H and O–H groups in total. The van der Waals surface area contributed by atoms with E-state index in [0.29, 0.717) is 18.5 Å². The molecule has 7 nitrogen and oxygen atoms in total. The number of aromatic nitrogens is 4. The summed E-state index contributed by atoms with van der Waals surface area (Å²) < 4.78 is 1.66. The van der Waals surface area contributed by atoms with Crippen LogP contribution in [-0.4, -0.2) is 50.3 Å². The molecule has 1 saturated heterocycles. The van der Waals surface area contributed by atoms with Crippen molar-refractivity contribution in [3.8, 4) is 0 Å². The van der Waals surface area contributed by atoms with Crippen molar-refractivity contribution in [3.63, 3.8) is 0 Å². The van der Waals surface area contributed by atoms with E-state index < -0.39 is 0 Å². The maximum absolute atomic E-state index is 12.3. The molecule has 4 rings (SSSR count). The van der Waals surface area contributed by atoms with Crippen LogP contribution in [0.25, 0.3) is 0 Å². The van der Waals surface area contributed by atoms with Crippen molar-refractivity contribution in [2.24, 2.45) is 0 Å². The van der Waals surface area contributed by atoms with Gasteiger partial charge in [0, 0.05) is 37.6 Å². The van der Waals surface area contributed by atoms with Crippen molar-refractivity contribution in [1.29, 1.82) is 0 Å². The molecule has 0 radical (unpaired) electrons. The summed E-state index contributed by atoms with van der Waals surface area (Å²) in [6, 6.07) is 4.05. The zero-order valence-electron chi connectivity index (χ0n) is 15.1. The molecule has 2 aliphatic rings. The van der Waals surface area contributed by atoms with Crippen LogP contribution in [0, 0.1) is 0 Å². The summed E-state index contributed by atoms with van der Waals surface area (Å²) in [5, 5.41) is 7.94. The van der Waals surface area contributed by atoms with Crippen molar-refractivity contribution >= 4 is 5.95 Å². The van der Waals surface area contributed by atoms with E-state index in [4.69, 9.17) is 0 Å². The highest BCUT2D eigenvalue weighted by atomic mass is 16.1. The Morgan fingerprint density at radius 3 is 2.88 bits per heavy atom. The Morgan fingerprint density at radius 2 is 2.00 bits per heavy atom. The average Bonchev–Trinajstić information content (AvgIpc) is 3.13. The maximum atomic E-state index is 12.3. The molecule has 2 aromatic heterocycles. The first-order valence-corrected chi connectivity index (χ1v) is 9.64. The molecule has 138 valence electrons. The predicted molar refractivity (Wildman–Crippen MR) is 100 cm³/mol. The zero-order valence-corrected chi connectivity index (χ0v) is 15.1. The van der Waals surface area contributed by atoms with Crippen LogP contribution in [-0.2, 0) is 19.4 Å². The first-order valence-electron chi connectivity index (χ1n) is 9.64. The van der Waals surface area contributed by atoms with Crippen molar-refractivity contribution in [3.05, 3.63) is 46.1 Å². The van der Waals surface area contributed by atoms with Crippen molar-refractivity contribution in [2.75, 3.05) is 25.0 Å². The SMILES string of the molecule is O=c1cc2c(nn1CCN1CCCCC1CNc1ncccn1)CCC2. The van der Waals surface area contributed by atoms with Gasteiger partial charge in [-0.15, -0.1) is 0 Å². The van der Waals surface area contributed by atoms with Crippen LogP contribution < -0.4 is 10.9 Å². The van der Waals surface area contributed by atoms with E-state index >= 15 is 0 Å². The van der Waals surface area contributed by atoms with Gasteiger partial charge in [-0.2, -0.15) is 5.10 Å². The molecule has 1 aliphatic carbocycles. The minimum atomic E-state index is 0.0371. The molecular formula is C19H26N6O. The normalized spacial score (nSPS) is 20.1. The molecule has 26 heavy (non-hydrogen) atoms. The molecular weight excluding hydrogens is 328 g/mol. The summed E-state index contributed by atoms with van der Waals surface area (Å²) in [5.41, 5.74) is 2.30. The third-order valence-electron chi connectivity index (χ3n) is 5.43. The van der Waals surface area contributed by atoms with Gasteiger partial charge < -0.3 is 5.32 Å². The lowest BCUT2D eigenvalue weighted by molar-refractivity contribution is 0.147. The standard InChI is InChI=1S/C19H26N6O/c26-18-13-15-5-3-7-17(15)23-25(18)12-11-24-10-2-1-6-16(24)14-22-19-20-8-4-9-21-19/h4,8-9,13,16H,1-3,5-7,10-12,14H2,(H,20,21,22). The Bertz CT molecular complexity index is 790. The summed E-state index contributed by atoms with van der Waals surface area (Å²) in [6.45, 7) is 3.41. The fraction of sp³-hybridized carbons (Fsp3) is 0.579. The van der Waals surface area contributed by atoms with Gasteiger partial charge in [0.2, 0.25) is 5.95 Å². The summed E-state index contributed by atoms with van der Waals surface area (Å²) in [5.74, 6) is 0.675. The lowest BCUT2D eigenvalue weighted by atomic mass is 10.0. The third-order valence-corrected chi connectivity index (χ3v) is 5.43. The molecule has 0 spiro atoms. The number of likely N-dealkylation sites (tertiary alicyclic amines) is 1. The van der Waals surface area contributed by atoms with Crippen LogP contribution in [0.1, 0.15) is 36.9 Å². The van der Waals surface area contributed by atoms with Gasteiger partial charge in [-0.25, -0.2) is 14.6 Å². The topological polar surface area (TPSA) is 75.9 Å². The Labute approximate surface area is 153 Å². The zero-order chi connectivity index (χ0) is 17.8. The highest BCUT2D eigenvalue weighted by Gasteiger charge is 2.23. The summed E-state index contributed by atoms with van der Waals surface area (Å²) in [7, 11) is 0. The monoisotopic (exact) mass is 354 g/mol. The molecule has 3 heterocycles. The minimum absolute atomic E-state index is 0.0371. The minimum Gasteiger partial charge on any atom is -0.353 e. The number of nitrogens with zero attached hydrogens (tertiary/aromatic N) is 5. The Morgan fingerprint density at radius 1 is 1.12 bits per heavy atom. The molecule has 0 aromatic carbocycles. The van der Waals surface area contributed by atoms with E-state index in [-0.39, 0.29) is 5.56 Å². The Balaban J connectivity index is 1.37. The number of fused-ring (bicyclic) bond motifs is 1. The second-order valence-corrected chi connectivity index (χ2v) is 7.17. The van der Waals surface area contributed by atoms with Crippen LogP contribution in [0.3, 0.4) is 0 Å². The van der Waals surface area contributed by atoms with Crippen LogP contribution in [0.15, 0.2) is 29.3 Å². The number of aryl methyl sites for hydroxylation is 2. The highest BCUT2D eigenvalue weighted by Crippen LogP contribution is 2.18. The van der Waals surface area contributed by atoms with Crippen molar-refractivity contribution in [1.82, 2.24) is 24.6 Å². The van der Waals surface area contributed by atoms with E-state index in [1.807, 2.05) is 6.07 Å². The Hall–Kier alpha value is -2.28. The smallest absolute Gasteiger partial charge is 0.267 e. The van der Waals surface area contributed by atoms with Gasteiger partial charge in [-0.3, -0.25) is 9.69 Å². The van der Waals surface area contributed by atoms with Gasteiger partial charge in [0.25, 0.3) is 5.56 Å². The van der Waals surface area contributed by atoms with Crippen LogP contribution in [0.5, 0.6) is 0 Å². The average molecular weight is 354 g/mol. The molecule has 1 unspecified atom stereocenters. The maximum Gasteiger partial charge on any atom is 0.267 e. The van der Waals surface area contributed by atoms with E-state index in [2.05, 4.69) is 25.3 Å². The molecule has 2 aromatic rings. The third kappa shape index (κ3) is 3.93. The number of piperidine rings is 1. The van der Waals surface area contributed by atoms with Crippen LogP contribution >= 0.6 is 0 Å². The molecule has 1 aliphatic heterocycles. The van der Waals surface area contributed by atoms with Crippen LogP contribution in [0.2, 0.25) is 0 Å². The second-order valence-electron chi connectivity index (χ2n) is 7.17. The van der Waals surface area contributed by atoms with Gasteiger partial charge >= 0.3 is 0 Å². The van der Waals surface area contributed by atoms with Crippen molar-refractivity contribution in [2.45, 2.75) is 51.1 Å². The largest absolute Gasteiger partial charge is 0.353 e. The van der Waals surface area contributed by atoms with Gasteiger partial charge in [0.1, 0.15) is 0 Å². The molecule has 7 heteroatoms. The molecule has 0 saturated carbocycles. The van der Waals surface area contributed by atoms with Gasteiger partial charge in [-0.1, -0.05) is 6.42 Å². The number of rotatable bonds is 6. The summed E-state index contributed by atoms with van der Waals surface area (Å²) in [6.07, 6.45) is 10.2. The number of anilines is 1. The Kier molecular flexibility index (Phi) is 5.24. The first-order chi connectivity index (χ1) is 12.8. The quantitative estimate of drug-likeness (QED) is 0.847. The molecule has 0 amide bonds. The fourth-order valence-electron chi connectivity index (χ4n) is 4.01. The van der Waals surface area contributed by atoms with E-state index in [0.717, 1.165) is 56.6 Å². The summed E-state index contributed by atoms with van der Waals surface area (Å²) >= 11 is 0. The summed E-state index contributed by atoms with van der Waals surface area (Å²) in [4.78, 5) is 23.2. The van der Waals surface area contributed by atoms with E-state index in [1.165, 1.54) is 12.8 Å². The lowest BCUT2D eigenvalue weighted by Crippen LogP contribution is -2.45. The first kappa shape index (κ1) is 17.1. The predicted octanol–water partition coefficient (Wildman–Crippen LogP) is 1.49. The highest BCUT2D eigenvalue weighted by molar-refractivity contribution is 5.23. The van der Waals surface area contributed by atoms with Gasteiger partial charge in [0.15, 0.2) is 0 Å². The van der Waals surface area contributed by atoms with Crippen LogP contribution in [0.4, 0.5) is 5.95 Å². The van der Waals surface area contributed by atoms with Crippen molar-refractivity contribution < 1.29 is 0 Å². The van der Waals surface area contributed by atoms with Gasteiger partial charge in [0.05, 0.1) is 12.2 Å². The van der Waals surface area contributed by atoms with E-state index in [1.54, 1.807) is 23.1 Å². The fourth-order valence-corrected chi connectivity index (χ4v) is 4.01. The number of hydrogen-bond acceptors (Lipinski definition) is 6. The molecule has 1 fully saturated rings. The number of hydrogen-bond donors (Lipinski definition) is 1. The van der Waals surface area contributed by atoms with Gasteiger partial charge in [-0.05, 0) is 50.3 Å².